The fourth-order valence-electron chi connectivity index (χ4n) is 3.16. The van der Waals surface area contributed by atoms with Gasteiger partial charge in [-0.3, -0.25) is 0 Å². The lowest BCUT2D eigenvalue weighted by atomic mass is 9.71. The molecule has 1 N–H and O–H groups in total. The van der Waals surface area contributed by atoms with Crippen LogP contribution in [0.1, 0.15) is 43.9 Å². The highest BCUT2D eigenvalue weighted by atomic mass is 79.9. The van der Waals surface area contributed by atoms with Crippen molar-refractivity contribution in [1.29, 1.82) is 0 Å². The van der Waals surface area contributed by atoms with E-state index in [1.54, 1.807) is 0 Å². The second kappa shape index (κ2) is 5.77. The molecule has 110 valence electrons. The number of nitrogens with one attached hydrogen (secondary N) is 1. The largest absolute Gasteiger partial charge is 0.377 e. The monoisotopic (exact) mass is 407 g/mol. The maximum atomic E-state index is 3.71. The van der Waals surface area contributed by atoms with Gasteiger partial charge < -0.3 is 5.32 Å². The number of fused-ring (bicyclic) bond motifs is 1. The van der Waals surface area contributed by atoms with Gasteiger partial charge in [0.15, 0.2) is 0 Å². The summed E-state index contributed by atoms with van der Waals surface area (Å²) in [7, 11) is 0. The maximum Gasteiger partial charge on any atom is 0.0517 e. The summed E-state index contributed by atoms with van der Waals surface area (Å²) in [6.45, 7) is 4.69. The molecule has 0 aromatic heterocycles. The summed E-state index contributed by atoms with van der Waals surface area (Å²) in [5, 5.41) is 3.71. The van der Waals surface area contributed by atoms with E-state index in [9.17, 15) is 0 Å². The highest BCUT2D eigenvalue weighted by Gasteiger charge is 2.32. The molecule has 3 rings (SSSR count). The molecule has 0 bridgehead atoms. The molecule has 21 heavy (non-hydrogen) atoms. The van der Waals surface area contributed by atoms with Crippen LogP contribution in [0.3, 0.4) is 0 Å². The second-order valence-electron chi connectivity index (χ2n) is 6.33. The molecular formula is C18H19Br2N. The lowest BCUT2D eigenvalue weighted by Crippen LogP contribution is -2.29. The zero-order chi connectivity index (χ0) is 15.0. The summed E-state index contributed by atoms with van der Waals surface area (Å²) >= 11 is 7.19. The number of hydrogen-bond donors (Lipinski definition) is 1. The van der Waals surface area contributed by atoms with Crippen molar-refractivity contribution in [2.45, 2.75) is 38.1 Å². The van der Waals surface area contributed by atoms with Gasteiger partial charge in [-0.15, -0.1) is 0 Å². The van der Waals surface area contributed by atoms with E-state index >= 15 is 0 Å². The third kappa shape index (κ3) is 3.04. The SMILES string of the molecule is CC1(C)CCC(Nc2cc(Br)ccc2Br)c2ccccc21. The van der Waals surface area contributed by atoms with Crippen LogP contribution in [-0.2, 0) is 5.41 Å². The Morgan fingerprint density at radius 1 is 1.10 bits per heavy atom. The molecule has 2 aromatic carbocycles. The number of anilines is 1. The molecule has 0 saturated carbocycles. The normalized spacial score (nSPS) is 19.9. The Bertz CT molecular complexity index is 664. The van der Waals surface area contributed by atoms with Gasteiger partial charge in [-0.1, -0.05) is 54.0 Å². The summed E-state index contributed by atoms with van der Waals surface area (Å²) in [5.74, 6) is 0. The van der Waals surface area contributed by atoms with Crippen LogP contribution >= 0.6 is 31.9 Å². The molecule has 2 aromatic rings. The Balaban J connectivity index is 1.96. The lowest BCUT2D eigenvalue weighted by Gasteiger charge is -2.38. The van der Waals surface area contributed by atoms with Crippen LogP contribution in [0.15, 0.2) is 51.4 Å². The van der Waals surface area contributed by atoms with Crippen LogP contribution in [0.2, 0.25) is 0 Å². The highest BCUT2D eigenvalue weighted by Crippen LogP contribution is 2.43. The van der Waals surface area contributed by atoms with Crippen LogP contribution in [0.5, 0.6) is 0 Å². The van der Waals surface area contributed by atoms with E-state index in [2.05, 4.69) is 87.4 Å². The van der Waals surface area contributed by atoms with E-state index in [1.165, 1.54) is 17.5 Å². The fourth-order valence-corrected chi connectivity index (χ4v) is 3.88. The van der Waals surface area contributed by atoms with Crippen LogP contribution in [0, 0.1) is 0 Å². The first-order valence-corrected chi connectivity index (χ1v) is 8.87. The van der Waals surface area contributed by atoms with Crippen molar-refractivity contribution in [3.05, 3.63) is 62.5 Å². The van der Waals surface area contributed by atoms with Crippen LogP contribution in [0.4, 0.5) is 5.69 Å². The summed E-state index contributed by atoms with van der Waals surface area (Å²) in [5.41, 5.74) is 4.31. The highest BCUT2D eigenvalue weighted by molar-refractivity contribution is 9.11. The zero-order valence-electron chi connectivity index (χ0n) is 12.3. The van der Waals surface area contributed by atoms with Gasteiger partial charge in [0.05, 0.1) is 11.7 Å². The third-order valence-electron chi connectivity index (χ3n) is 4.38. The van der Waals surface area contributed by atoms with Gasteiger partial charge in [0, 0.05) is 8.95 Å². The van der Waals surface area contributed by atoms with Gasteiger partial charge in [-0.25, -0.2) is 0 Å². The lowest BCUT2D eigenvalue weighted by molar-refractivity contribution is 0.406. The van der Waals surface area contributed by atoms with Crippen LogP contribution < -0.4 is 5.32 Å². The summed E-state index contributed by atoms with van der Waals surface area (Å²) < 4.78 is 2.20. The molecule has 0 radical (unpaired) electrons. The smallest absolute Gasteiger partial charge is 0.0517 e. The van der Waals surface area contributed by atoms with Crippen molar-refractivity contribution in [2.75, 3.05) is 5.32 Å². The molecule has 1 atom stereocenters. The number of benzene rings is 2. The Labute approximate surface area is 143 Å². The molecular weight excluding hydrogens is 390 g/mol. The minimum atomic E-state index is 0.267. The van der Waals surface area contributed by atoms with Gasteiger partial charge in [0.1, 0.15) is 0 Å². The van der Waals surface area contributed by atoms with E-state index in [4.69, 9.17) is 0 Å². The van der Waals surface area contributed by atoms with Gasteiger partial charge in [-0.05, 0) is 63.5 Å². The van der Waals surface area contributed by atoms with Crippen molar-refractivity contribution in [2.24, 2.45) is 0 Å². The van der Waals surface area contributed by atoms with Gasteiger partial charge in [-0.2, -0.15) is 0 Å². The molecule has 3 heteroatoms. The predicted octanol–water partition coefficient (Wildman–Crippen LogP) is 6.44. The molecule has 1 aliphatic carbocycles. The molecule has 0 fully saturated rings. The summed E-state index contributed by atoms with van der Waals surface area (Å²) in [4.78, 5) is 0. The van der Waals surface area contributed by atoms with E-state index in [0.717, 1.165) is 21.1 Å². The standard InChI is InChI=1S/C18H19Br2N/c1-18(2)10-9-16(13-5-3-4-6-14(13)18)21-17-11-12(19)7-8-15(17)20/h3-8,11,16,21H,9-10H2,1-2H3. The van der Waals surface area contributed by atoms with Crippen molar-refractivity contribution in [1.82, 2.24) is 0 Å². The maximum absolute atomic E-state index is 3.71. The first-order chi connectivity index (χ1) is 9.97. The van der Waals surface area contributed by atoms with Crippen LogP contribution in [0.25, 0.3) is 0 Å². The quantitative estimate of drug-likeness (QED) is 0.602. The Hall–Kier alpha value is -0.800. The summed E-state index contributed by atoms with van der Waals surface area (Å²) in [6, 6.07) is 15.5. The summed E-state index contributed by atoms with van der Waals surface area (Å²) in [6.07, 6.45) is 2.36. The Morgan fingerprint density at radius 2 is 1.86 bits per heavy atom. The molecule has 0 amide bonds. The molecule has 1 unspecified atom stereocenters. The van der Waals surface area contributed by atoms with E-state index in [0.29, 0.717) is 6.04 Å². The molecule has 0 aliphatic heterocycles. The van der Waals surface area contributed by atoms with Crippen LogP contribution in [-0.4, -0.2) is 0 Å². The minimum Gasteiger partial charge on any atom is -0.377 e. The fraction of sp³-hybridized carbons (Fsp3) is 0.333. The number of rotatable bonds is 2. The number of halogens is 2. The first kappa shape index (κ1) is 15.1. The predicted molar refractivity (Wildman–Crippen MR) is 96.9 cm³/mol. The van der Waals surface area contributed by atoms with Gasteiger partial charge in [0.25, 0.3) is 0 Å². The van der Waals surface area contributed by atoms with Crippen molar-refractivity contribution >= 4 is 37.5 Å². The molecule has 1 aliphatic rings. The third-order valence-corrected chi connectivity index (χ3v) is 5.57. The minimum absolute atomic E-state index is 0.267. The first-order valence-electron chi connectivity index (χ1n) is 7.28. The van der Waals surface area contributed by atoms with E-state index < -0.39 is 0 Å². The second-order valence-corrected chi connectivity index (χ2v) is 8.10. The van der Waals surface area contributed by atoms with Crippen molar-refractivity contribution < 1.29 is 0 Å². The van der Waals surface area contributed by atoms with E-state index in [-0.39, 0.29) is 5.41 Å². The van der Waals surface area contributed by atoms with Gasteiger partial charge >= 0.3 is 0 Å². The average Bonchev–Trinajstić information content (AvgIpc) is 2.46. The Kier molecular flexibility index (Phi) is 4.15. The molecule has 0 saturated heterocycles. The zero-order valence-corrected chi connectivity index (χ0v) is 15.5. The molecule has 1 nitrogen and oxygen atoms in total. The topological polar surface area (TPSA) is 12.0 Å². The number of hydrogen-bond acceptors (Lipinski definition) is 1. The molecule has 0 heterocycles. The molecule has 0 spiro atoms. The Morgan fingerprint density at radius 3 is 2.67 bits per heavy atom. The van der Waals surface area contributed by atoms with Crippen molar-refractivity contribution in [3.63, 3.8) is 0 Å². The van der Waals surface area contributed by atoms with Crippen molar-refractivity contribution in [3.8, 4) is 0 Å². The van der Waals surface area contributed by atoms with Gasteiger partial charge in [0.2, 0.25) is 0 Å². The average molecular weight is 409 g/mol. The van der Waals surface area contributed by atoms with E-state index in [1.807, 2.05) is 6.07 Å².